The van der Waals surface area contributed by atoms with Gasteiger partial charge in [-0.15, -0.1) is 0 Å². The molecule has 2 saturated heterocycles. The summed E-state index contributed by atoms with van der Waals surface area (Å²) in [6, 6.07) is 6.30. The molecule has 9 rings (SSSR count). The maximum atomic E-state index is 14.9. The predicted molar refractivity (Wildman–Crippen MR) is 283 cm³/mol. The van der Waals surface area contributed by atoms with Gasteiger partial charge in [0.15, 0.2) is 11.4 Å². The van der Waals surface area contributed by atoms with Crippen LogP contribution in [0, 0.1) is 36.4 Å². The number of benzene rings is 3. The number of allylic oxidation sites excluding steroid dienone is 3. The molecule has 2 amide bonds. The molecule has 6 aliphatic rings. The topological polar surface area (TPSA) is 223 Å². The zero-order valence-electron chi connectivity index (χ0n) is 45.1. The number of ketones is 1. The molecule has 75 heavy (non-hydrogen) atoms. The molecule has 1 spiro atoms. The van der Waals surface area contributed by atoms with Gasteiger partial charge in [-0.1, -0.05) is 52.8 Å². The van der Waals surface area contributed by atoms with E-state index in [0.29, 0.717) is 76.4 Å². The minimum atomic E-state index is -1.88. The number of fused-ring (bicyclic) bond motifs is 13. The molecule has 5 bridgehead atoms. The number of rotatable bonds is 7. The molecule has 17 nitrogen and oxygen atoms in total. The number of carbonyl (C=O) groups is 4. The summed E-state index contributed by atoms with van der Waals surface area (Å²) < 4.78 is 32.4. The summed E-state index contributed by atoms with van der Waals surface area (Å²) in [5, 5.41) is 46.3. The van der Waals surface area contributed by atoms with Crippen LogP contribution in [0.4, 0.5) is 15.8 Å². The van der Waals surface area contributed by atoms with Gasteiger partial charge in [0.05, 0.1) is 35.4 Å². The Balaban J connectivity index is 0.00000405. The van der Waals surface area contributed by atoms with Crippen molar-refractivity contribution in [3.63, 3.8) is 0 Å². The monoisotopic (exact) mass is 1040 g/mol. The highest BCUT2D eigenvalue weighted by Gasteiger charge is 2.49. The number of aliphatic hydroxyl groups is 2. The van der Waals surface area contributed by atoms with Crippen LogP contribution in [0.5, 0.6) is 17.2 Å². The number of piperidine rings is 1. The van der Waals surface area contributed by atoms with Gasteiger partial charge in [-0.25, -0.2) is 4.39 Å². The molecule has 3 aromatic carbocycles. The molecule has 0 aliphatic carbocycles. The highest BCUT2D eigenvalue weighted by molar-refractivity contribution is 6.19. The first kappa shape index (κ1) is 56.8. The van der Waals surface area contributed by atoms with Crippen LogP contribution in [-0.2, 0) is 23.9 Å². The van der Waals surface area contributed by atoms with Gasteiger partial charge in [-0.05, 0) is 81.5 Å². The number of carbonyl (C=O) groups excluding carboxylic acids is 4. The van der Waals surface area contributed by atoms with E-state index < -0.39 is 53.0 Å². The standard InChI is InChI=1S/C56H73FN6O10.CH4O/c1-32(2)31-61-25-21-56(22-26-61)59-46-43-44-50(67)37(7)52-45(43)53(69)55(8,73-52)71-29-10-14-40(72-42(65)20-19-41(64)63-24-11-23-62(27-28-63)39-17-15-38(57)16-18-39)36(6)49(66)35(5)30-33(3)12-9-13-34(4)54(70)58-48(51(44)68)47(46)60-56;1-2/h9,12-13,15-18,32-33,35-36,40,49,66-68H,10-11,14,19-31H2,1-8H3,(H,58,70);2H,1H3/b12-9+,34-13-;/t33?,35-,36+,40?,49?,55?;/m1./s1. The number of amides is 2. The van der Waals surface area contributed by atoms with E-state index >= 15 is 0 Å². The van der Waals surface area contributed by atoms with Crippen molar-refractivity contribution < 1.29 is 58.2 Å². The van der Waals surface area contributed by atoms with Crippen LogP contribution in [-0.4, -0.2) is 137 Å². The average molecular weight is 1040 g/mol. The van der Waals surface area contributed by atoms with E-state index in [1.165, 1.54) is 19.1 Å². The fourth-order valence-corrected chi connectivity index (χ4v) is 11.2. The van der Waals surface area contributed by atoms with Crippen molar-refractivity contribution in [2.24, 2.45) is 33.7 Å². The molecular formula is C57H77FN6O11. The summed E-state index contributed by atoms with van der Waals surface area (Å²) in [5.41, 5.74) is 0.482. The van der Waals surface area contributed by atoms with Crippen molar-refractivity contribution >= 4 is 45.7 Å². The van der Waals surface area contributed by atoms with Gasteiger partial charge in [0.1, 0.15) is 34.5 Å². The highest BCUT2D eigenvalue weighted by Crippen LogP contribution is 2.50. The molecule has 0 radical (unpaired) electrons. The van der Waals surface area contributed by atoms with Gasteiger partial charge >= 0.3 is 5.97 Å². The molecule has 408 valence electrons. The second-order valence-corrected chi connectivity index (χ2v) is 21.6. The first-order valence-corrected chi connectivity index (χ1v) is 26.6. The Labute approximate surface area is 439 Å². The Hall–Kier alpha value is -5.95. The summed E-state index contributed by atoms with van der Waals surface area (Å²) in [4.78, 5) is 72.6. The van der Waals surface area contributed by atoms with E-state index in [1.807, 2.05) is 26.8 Å². The third kappa shape index (κ3) is 12.3. The zero-order valence-corrected chi connectivity index (χ0v) is 45.1. The average Bonchev–Trinajstić information content (AvgIpc) is 3.75. The molecule has 6 aliphatic heterocycles. The van der Waals surface area contributed by atoms with Crippen molar-refractivity contribution in [2.75, 3.05) is 69.7 Å². The van der Waals surface area contributed by atoms with E-state index in [-0.39, 0.29) is 106 Å². The fraction of sp³-hybridized carbons (Fsp3) is 0.579. The van der Waals surface area contributed by atoms with Crippen LogP contribution in [0.15, 0.2) is 58.1 Å². The van der Waals surface area contributed by atoms with Crippen LogP contribution in [0.3, 0.4) is 0 Å². The number of nitrogens with zero attached hydrogens (tertiary/aromatic N) is 5. The van der Waals surface area contributed by atoms with Gasteiger partial charge in [0, 0.05) is 107 Å². The summed E-state index contributed by atoms with van der Waals surface area (Å²) >= 11 is 0. The molecule has 4 unspecified atom stereocenters. The number of hydrogen-bond acceptors (Lipinski definition) is 15. The minimum Gasteiger partial charge on any atom is -0.507 e. The number of hydrogen-bond donors (Lipinski definition) is 5. The number of ether oxygens (including phenoxy) is 3. The Morgan fingerprint density at radius 2 is 1.61 bits per heavy atom. The second-order valence-electron chi connectivity index (χ2n) is 21.6. The largest absolute Gasteiger partial charge is 0.507 e. The number of esters is 1. The third-order valence-corrected chi connectivity index (χ3v) is 15.4. The number of halogens is 1. The third-order valence-electron chi connectivity index (χ3n) is 15.4. The van der Waals surface area contributed by atoms with E-state index in [9.17, 15) is 38.9 Å². The predicted octanol–water partition coefficient (Wildman–Crippen LogP) is 6.64. The Morgan fingerprint density at radius 1 is 0.920 bits per heavy atom. The Morgan fingerprint density at radius 3 is 2.31 bits per heavy atom. The molecule has 0 aromatic heterocycles. The fourth-order valence-electron chi connectivity index (χ4n) is 11.2. The zero-order chi connectivity index (χ0) is 54.5. The molecule has 6 atom stereocenters. The molecule has 2 fully saturated rings. The van der Waals surface area contributed by atoms with E-state index in [1.54, 1.807) is 43.0 Å². The van der Waals surface area contributed by atoms with Gasteiger partial charge in [0.25, 0.3) is 11.7 Å². The maximum Gasteiger partial charge on any atom is 0.306 e. The number of phenolic OH excluding ortho intramolecular Hbond substituents is 2. The number of Topliss-reactive ketones (excluding diaryl/α,β-unsaturated/α-hetero) is 1. The normalized spacial score (nSPS) is 26.6. The first-order chi connectivity index (χ1) is 35.7. The lowest BCUT2D eigenvalue weighted by atomic mass is 9.83. The quantitative estimate of drug-likeness (QED) is 0.124. The number of likely N-dealkylation sites (tertiary alicyclic amines) is 1. The number of anilines is 2. The summed E-state index contributed by atoms with van der Waals surface area (Å²) in [6.07, 6.45) is 6.41. The van der Waals surface area contributed by atoms with E-state index in [4.69, 9.17) is 29.3 Å². The Bertz CT molecular complexity index is 2810. The van der Waals surface area contributed by atoms with Crippen molar-refractivity contribution in [3.8, 4) is 17.2 Å². The SMILES string of the molecule is C/C1=C/C=C/C(C)C[C@@H](C)C(O)[C@@H](C)C(OC(=O)CCC(=O)N2CCCN(c3ccc(F)cc3)CC2)CCCOC2(C)Oc3c(C)c(O)c4c(O)c(c5c(c4c3C2=O)=NC2(CCN(CC(C)C)CC2)N=5)NC1=O.CO. The second kappa shape index (κ2) is 23.9. The number of aromatic hydroxyl groups is 2. The summed E-state index contributed by atoms with van der Waals surface area (Å²) in [7, 11) is 1.00. The first-order valence-electron chi connectivity index (χ1n) is 26.6. The van der Waals surface area contributed by atoms with Crippen molar-refractivity contribution in [3.05, 3.63) is 75.7 Å². The minimum absolute atomic E-state index is 0.0199. The van der Waals surface area contributed by atoms with Crippen LogP contribution >= 0.6 is 0 Å². The lowest BCUT2D eigenvalue weighted by molar-refractivity contribution is -0.158. The van der Waals surface area contributed by atoms with Crippen molar-refractivity contribution in [2.45, 2.75) is 130 Å². The van der Waals surface area contributed by atoms with E-state index in [0.717, 1.165) is 19.3 Å². The summed E-state index contributed by atoms with van der Waals surface area (Å²) in [5.74, 6) is -5.11. The maximum absolute atomic E-state index is 14.9. The van der Waals surface area contributed by atoms with Gasteiger partial charge < -0.3 is 54.7 Å². The number of aliphatic hydroxyl groups excluding tert-OH is 2. The highest BCUT2D eigenvalue weighted by atomic mass is 19.1. The molecule has 5 N–H and O–H groups in total. The number of nitrogens with one attached hydrogen (secondary N) is 1. The molecular weight excluding hydrogens is 964 g/mol. The number of phenols is 2. The van der Waals surface area contributed by atoms with Crippen molar-refractivity contribution in [1.29, 1.82) is 0 Å². The lowest BCUT2D eigenvalue weighted by Gasteiger charge is -2.36. The van der Waals surface area contributed by atoms with Gasteiger partial charge in [0.2, 0.25) is 11.7 Å². The Kier molecular flexibility index (Phi) is 18.1. The summed E-state index contributed by atoms with van der Waals surface area (Å²) in [6.45, 7) is 19.4. The lowest BCUT2D eigenvalue weighted by Crippen LogP contribution is -2.43. The van der Waals surface area contributed by atoms with Crippen LogP contribution in [0.1, 0.15) is 116 Å². The molecule has 18 heteroatoms. The smallest absolute Gasteiger partial charge is 0.306 e. The molecule has 0 saturated carbocycles. The van der Waals surface area contributed by atoms with E-state index in [2.05, 4.69) is 29.0 Å². The van der Waals surface area contributed by atoms with Crippen LogP contribution in [0.25, 0.3) is 10.8 Å². The van der Waals surface area contributed by atoms with Crippen LogP contribution in [0.2, 0.25) is 0 Å². The van der Waals surface area contributed by atoms with Gasteiger partial charge in [-0.3, -0.25) is 29.2 Å². The van der Waals surface area contributed by atoms with Crippen molar-refractivity contribution in [1.82, 2.24) is 9.80 Å². The van der Waals surface area contributed by atoms with Crippen LogP contribution < -0.4 is 25.7 Å². The van der Waals surface area contributed by atoms with Gasteiger partial charge in [-0.2, -0.15) is 0 Å². The molecule has 6 heterocycles. The molecule has 3 aromatic rings.